The molecule has 0 saturated heterocycles. The van der Waals surface area contributed by atoms with Crippen LogP contribution in [-0.2, 0) is 4.79 Å². The van der Waals surface area contributed by atoms with E-state index in [0.717, 1.165) is 24.8 Å². The Kier molecular flexibility index (Phi) is 6.38. The maximum Gasteiger partial charge on any atom is 0.310 e. The monoisotopic (exact) mass is 234 g/mol. The van der Waals surface area contributed by atoms with Gasteiger partial charge in [0.15, 0.2) is 0 Å². The van der Waals surface area contributed by atoms with Crippen LogP contribution in [0.4, 0.5) is 0 Å². The standard InChI is InChI=1S/C15H22O2/c1-2-3-4-5-9-12-14(15(16)17)13-10-7-6-8-11-13/h6-8,10-11,14H,2-5,9,12H2,1H3,(H,16,17). The van der Waals surface area contributed by atoms with E-state index in [9.17, 15) is 9.90 Å². The number of unbranched alkanes of at least 4 members (excludes halogenated alkanes) is 4. The molecule has 0 amide bonds. The molecule has 0 radical (unpaired) electrons. The van der Waals surface area contributed by atoms with E-state index >= 15 is 0 Å². The highest BCUT2D eigenvalue weighted by molar-refractivity contribution is 5.75. The molecule has 1 atom stereocenters. The van der Waals surface area contributed by atoms with Crippen LogP contribution in [-0.4, -0.2) is 11.1 Å². The highest BCUT2D eigenvalue weighted by atomic mass is 16.4. The molecule has 1 unspecified atom stereocenters. The highest BCUT2D eigenvalue weighted by Gasteiger charge is 2.18. The zero-order valence-electron chi connectivity index (χ0n) is 10.6. The van der Waals surface area contributed by atoms with Gasteiger partial charge in [0.25, 0.3) is 0 Å². The van der Waals surface area contributed by atoms with E-state index in [4.69, 9.17) is 0 Å². The number of hydrogen-bond donors (Lipinski definition) is 1. The Morgan fingerprint density at radius 1 is 1.12 bits per heavy atom. The molecule has 1 aromatic carbocycles. The Morgan fingerprint density at radius 2 is 1.76 bits per heavy atom. The van der Waals surface area contributed by atoms with Crippen molar-refractivity contribution >= 4 is 5.97 Å². The van der Waals surface area contributed by atoms with Crippen molar-refractivity contribution in [2.75, 3.05) is 0 Å². The molecule has 2 nitrogen and oxygen atoms in total. The van der Waals surface area contributed by atoms with Crippen molar-refractivity contribution in [3.8, 4) is 0 Å². The zero-order chi connectivity index (χ0) is 12.5. The van der Waals surface area contributed by atoms with E-state index in [2.05, 4.69) is 6.92 Å². The molecule has 0 heterocycles. The van der Waals surface area contributed by atoms with Crippen LogP contribution in [0.5, 0.6) is 0 Å². The molecule has 0 aliphatic heterocycles. The maximum atomic E-state index is 11.2. The summed E-state index contributed by atoms with van der Waals surface area (Å²) in [5.41, 5.74) is 0.926. The van der Waals surface area contributed by atoms with E-state index in [1.807, 2.05) is 30.3 Å². The van der Waals surface area contributed by atoms with Crippen LogP contribution in [0.25, 0.3) is 0 Å². The van der Waals surface area contributed by atoms with Crippen molar-refractivity contribution < 1.29 is 9.90 Å². The SMILES string of the molecule is CCCCCCCC(C(=O)O)c1ccccc1. The topological polar surface area (TPSA) is 37.3 Å². The first-order chi connectivity index (χ1) is 8.25. The molecule has 0 fully saturated rings. The predicted octanol–water partition coefficient (Wildman–Crippen LogP) is 4.22. The smallest absolute Gasteiger partial charge is 0.310 e. The van der Waals surface area contributed by atoms with Gasteiger partial charge in [-0.1, -0.05) is 69.4 Å². The van der Waals surface area contributed by atoms with Gasteiger partial charge in [-0.15, -0.1) is 0 Å². The third-order valence-electron chi connectivity index (χ3n) is 3.10. The van der Waals surface area contributed by atoms with Crippen LogP contribution in [0.2, 0.25) is 0 Å². The Labute approximate surface area is 104 Å². The second kappa shape index (κ2) is 7.88. The first-order valence-electron chi connectivity index (χ1n) is 6.53. The van der Waals surface area contributed by atoms with Gasteiger partial charge >= 0.3 is 5.97 Å². The van der Waals surface area contributed by atoms with Crippen LogP contribution in [0.1, 0.15) is 56.9 Å². The maximum absolute atomic E-state index is 11.2. The Bertz CT molecular complexity index is 319. The van der Waals surface area contributed by atoms with Crippen molar-refractivity contribution in [2.24, 2.45) is 0 Å². The number of hydrogen-bond acceptors (Lipinski definition) is 1. The third-order valence-corrected chi connectivity index (χ3v) is 3.10. The molecule has 17 heavy (non-hydrogen) atoms. The summed E-state index contributed by atoms with van der Waals surface area (Å²) in [5.74, 6) is -1.04. The summed E-state index contributed by atoms with van der Waals surface area (Å²) in [6.07, 6.45) is 6.60. The first-order valence-corrected chi connectivity index (χ1v) is 6.53. The molecule has 2 heteroatoms. The predicted molar refractivity (Wildman–Crippen MR) is 70.2 cm³/mol. The van der Waals surface area contributed by atoms with E-state index in [1.54, 1.807) is 0 Å². The molecule has 1 aromatic rings. The fourth-order valence-corrected chi connectivity index (χ4v) is 2.07. The first kappa shape index (κ1) is 13.8. The van der Waals surface area contributed by atoms with Crippen molar-refractivity contribution in [3.05, 3.63) is 35.9 Å². The lowest BCUT2D eigenvalue weighted by Crippen LogP contribution is -2.11. The van der Waals surface area contributed by atoms with E-state index < -0.39 is 5.97 Å². The van der Waals surface area contributed by atoms with Crippen LogP contribution in [0, 0.1) is 0 Å². The number of rotatable bonds is 8. The van der Waals surface area contributed by atoms with E-state index in [1.165, 1.54) is 19.3 Å². The van der Waals surface area contributed by atoms with Gasteiger partial charge < -0.3 is 5.11 Å². The minimum absolute atomic E-state index is 0.335. The summed E-state index contributed by atoms with van der Waals surface area (Å²) in [5, 5.41) is 9.23. The number of benzene rings is 1. The minimum Gasteiger partial charge on any atom is -0.481 e. The van der Waals surface area contributed by atoms with Gasteiger partial charge in [0.2, 0.25) is 0 Å². The van der Waals surface area contributed by atoms with Gasteiger partial charge in [0, 0.05) is 0 Å². The molecule has 0 aliphatic rings. The molecule has 94 valence electrons. The van der Waals surface area contributed by atoms with Crippen molar-refractivity contribution in [3.63, 3.8) is 0 Å². The summed E-state index contributed by atoms with van der Waals surface area (Å²) in [6, 6.07) is 9.55. The largest absolute Gasteiger partial charge is 0.481 e. The lowest BCUT2D eigenvalue weighted by molar-refractivity contribution is -0.139. The van der Waals surface area contributed by atoms with Gasteiger partial charge in [-0.2, -0.15) is 0 Å². The number of carboxylic acid groups (broad SMARTS) is 1. The normalized spacial score (nSPS) is 12.3. The summed E-state index contributed by atoms with van der Waals surface area (Å²) in [4.78, 5) is 11.2. The third kappa shape index (κ3) is 5.03. The summed E-state index contributed by atoms with van der Waals surface area (Å²) >= 11 is 0. The minimum atomic E-state index is -0.702. The van der Waals surface area contributed by atoms with Gasteiger partial charge in [0.1, 0.15) is 0 Å². The molecule has 1 N–H and O–H groups in total. The molecule has 0 saturated carbocycles. The molecular weight excluding hydrogens is 212 g/mol. The van der Waals surface area contributed by atoms with Crippen molar-refractivity contribution in [2.45, 2.75) is 51.4 Å². The molecule has 0 aliphatic carbocycles. The van der Waals surface area contributed by atoms with Crippen LogP contribution in [0.15, 0.2) is 30.3 Å². The Morgan fingerprint density at radius 3 is 2.35 bits per heavy atom. The average Bonchev–Trinajstić information content (AvgIpc) is 2.34. The molecule has 0 bridgehead atoms. The molecule has 0 spiro atoms. The average molecular weight is 234 g/mol. The second-order valence-corrected chi connectivity index (χ2v) is 4.50. The number of carbonyl (C=O) groups is 1. The number of carboxylic acids is 1. The van der Waals surface area contributed by atoms with Crippen molar-refractivity contribution in [1.82, 2.24) is 0 Å². The van der Waals surface area contributed by atoms with Gasteiger partial charge in [-0.25, -0.2) is 0 Å². The highest BCUT2D eigenvalue weighted by Crippen LogP contribution is 2.22. The fourth-order valence-electron chi connectivity index (χ4n) is 2.07. The fraction of sp³-hybridized carbons (Fsp3) is 0.533. The number of aliphatic carboxylic acids is 1. The van der Waals surface area contributed by atoms with Gasteiger partial charge in [-0.3, -0.25) is 4.79 Å². The van der Waals surface area contributed by atoms with Gasteiger partial charge in [-0.05, 0) is 12.0 Å². The summed E-state index contributed by atoms with van der Waals surface area (Å²) in [6.45, 7) is 2.18. The van der Waals surface area contributed by atoms with Gasteiger partial charge in [0.05, 0.1) is 5.92 Å². The summed E-state index contributed by atoms with van der Waals surface area (Å²) in [7, 11) is 0. The Hall–Kier alpha value is -1.31. The quantitative estimate of drug-likeness (QED) is 0.684. The zero-order valence-corrected chi connectivity index (χ0v) is 10.6. The molecule has 1 rings (SSSR count). The van der Waals surface area contributed by atoms with Crippen molar-refractivity contribution in [1.29, 1.82) is 0 Å². The van der Waals surface area contributed by atoms with Crippen LogP contribution < -0.4 is 0 Å². The summed E-state index contributed by atoms with van der Waals surface area (Å²) < 4.78 is 0. The van der Waals surface area contributed by atoms with Crippen LogP contribution in [0.3, 0.4) is 0 Å². The molecular formula is C15H22O2. The van der Waals surface area contributed by atoms with Crippen LogP contribution >= 0.6 is 0 Å². The molecule has 0 aromatic heterocycles. The van der Waals surface area contributed by atoms with E-state index in [0.29, 0.717) is 0 Å². The Balaban J connectivity index is 2.42. The lowest BCUT2D eigenvalue weighted by atomic mass is 9.93. The van der Waals surface area contributed by atoms with E-state index in [-0.39, 0.29) is 5.92 Å². The second-order valence-electron chi connectivity index (χ2n) is 4.50. The lowest BCUT2D eigenvalue weighted by Gasteiger charge is -2.12.